The van der Waals surface area contributed by atoms with Gasteiger partial charge in [-0.05, 0) is 30.0 Å². The Labute approximate surface area is 171 Å². The molecule has 0 bridgehead atoms. The van der Waals surface area contributed by atoms with Crippen LogP contribution in [0.4, 0.5) is 16.0 Å². The molecule has 0 atom stereocenters. The molecule has 2 N–H and O–H groups in total. The first-order valence-electron chi connectivity index (χ1n) is 9.04. The van der Waals surface area contributed by atoms with E-state index in [1.807, 2.05) is 13.8 Å². The van der Waals surface area contributed by atoms with Crippen molar-refractivity contribution in [2.75, 3.05) is 22.1 Å². The van der Waals surface area contributed by atoms with Crippen molar-refractivity contribution in [3.63, 3.8) is 0 Å². The number of carbonyl (C=O) groups excluding carboxylic acids is 3. The minimum atomic E-state index is -0.440. The fraction of sp³-hybridized carbons (Fsp3) is 0.350. The number of carbonyl (C=O) groups is 3. The maximum atomic E-state index is 13.1. The summed E-state index contributed by atoms with van der Waals surface area (Å²) in [4.78, 5) is 44.5. The first kappa shape index (κ1) is 20.9. The molecule has 2 aromatic rings. The first-order chi connectivity index (χ1) is 13.7. The topological polar surface area (TPSA) is 101 Å². The van der Waals surface area contributed by atoms with E-state index in [0.29, 0.717) is 29.8 Å². The highest BCUT2D eigenvalue weighted by Gasteiger charge is 2.32. The van der Waals surface area contributed by atoms with E-state index >= 15 is 0 Å². The summed E-state index contributed by atoms with van der Waals surface area (Å²) in [6.45, 7) is 4.00. The molecule has 1 aliphatic carbocycles. The van der Waals surface area contributed by atoms with Gasteiger partial charge in [-0.1, -0.05) is 19.9 Å². The molecule has 0 radical (unpaired) electrons. The molecule has 0 aliphatic heterocycles. The highest BCUT2D eigenvalue weighted by Crippen LogP contribution is 2.33. The van der Waals surface area contributed by atoms with Gasteiger partial charge in [0.2, 0.25) is 17.8 Å². The number of benzene rings is 1. The molecule has 9 heteroatoms. The third-order valence-electron chi connectivity index (χ3n) is 4.28. The summed E-state index contributed by atoms with van der Waals surface area (Å²) >= 11 is 1.11. The van der Waals surface area contributed by atoms with Crippen LogP contribution in [0.1, 0.15) is 36.3 Å². The van der Waals surface area contributed by atoms with Gasteiger partial charge < -0.3 is 5.32 Å². The number of rotatable bonds is 6. The molecular weight excluding hydrogens is 395 g/mol. The van der Waals surface area contributed by atoms with Gasteiger partial charge in [0, 0.05) is 18.3 Å². The minimum Gasteiger partial charge on any atom is -0.325 e. The lowest BCUT2D eigenvalue weighted by molar-refractivity contribution is -0.114. The Bertz CT molecular complexity index is 964. The molecule has 1 aromatic heterocycles. The first-order valence-corrected chi connectivity index (χ1v) is 10.2. The number of hydrogen-bond acceptors (Lipinski definition) is 6. The number of halogens is 1. The van der Waals surface area contributed by atoms with Crippen molar-refractivity contribution in [2.45, 2.75) is 26.7 Å². The Hall–Kier alpha value is -2.81. The monoisotopic (exact) mass is 416 g/mol. The smallest absolute Gasteiger partial charge is 0.236 e. The Morgan fingerprint density at radius 3 is 2.62 bits per heavy atom. The van der Waals surface area contributed by atoms with Crippen LogP contribution in [0, 0.1) is 11.2 Å². The van der Waals surface area contributed by atoms with Crippen LogP contribution in [0.25, 0.3) is 0 Å². The van der Waals surface area contributed by atoms with Gasteiger partial charge in [0.15, 0.2) is 5.78 Å². The van der Waals surface area contributed by atoms with E-state index < -0.39 is 5.82 Å². The second-order valence-electron chi connectivity index (χ2n) is 7.59. The summed E-state index contributed by atoms with van der Waals surface area (Å²) in [5.41, 5.74) is 1.33. The third-order valence-corrected chi connectivity index (χ3v) is 5.21. The van der Waals surface area contributed by atoms with E-state index in [4.69, 9.17) is 0 Å². The molecule has 1 heterocycles. The average molecular weight is 416 g/mol. The van der Waals surface area contributed by atoms with E-state index in [2.05, 4.69) is 20.6 Å². The van der Waals surface area contributed by atoms with Crippen molar-refractivity contribution in [2.24, 2.45) is 5.41 Å². The molecule has 0 unspecified atom stereocenters. The molecule has 1 aromatic carbocycles. The lowest BCUT2D eigenvalue weighted by Gasteiger charge is -2.29. The number of hydrogen-bond donors (Lipinski definition) is 2. The van der Waals surface area contributed by atoms with Crippen LogP contribution in [0.2, 0.25) is 0 Å². The standard InChI is InChI=1S/C20H21FN4O3S/c1-20(2)7-15-14(16(26)8-20)9-22-19(24-15)25-18(28)11-29-10-17(27)23-13-5-3-4-12(21)6-13/h3-6,9H,7-8,10-11H2,1-2H3,(H,23,27)(H,22,24,25,28). The predicted molar refractivity (Wildman–Crippen MR) is 109 cm³/mol. The van der Waals surface area contributed by atoms with Crippen molar-refractivity contribution in [1.82, 2.24) is 9.97 Å². The number of ketones is 1. The quantitative estimate of drug-likeness (QED) is 0.751. The fourth-order valence-corrected chi connectivity index (χ4v) is 3.67. The van der Waals surface area contributed by atoms with Crippen LogP contribution in [0.5, 0.6) is 0 Å². The van der Waals surface area contributed by atoms with Crippen molar-refractivity contribution in [3.8, 4) is 0 Å². The molecule has 0 fully saturated rings. The van der Waals surface area contributed by atoms with E-state index in [1.54, 1.807) is 6.07 Å². The summed E-state index contributed by atoms with van der Waals surface area (Å²) in [5, 5.41) is 5.15. The minimum absolute atomic E-state index is 0.00833. The maximum Gasteiger partial charge on any atom is 0.236 e. The average Bonchev–Trinajstić information content (AvgIpc) is 2.60. The van der Waals surface area contributed by atoms with Crippen LogP contribution in [0.3, 0.4) is 0 Å². The number of aromatic nitrogens is 2. The number of fused-ring (bicyclic) bond motifs is 1. The van der Waals surface area contributed by atoms with E-state index in [-0.39, 0.29) is 40.5 Å². The Morgan fingerprint density at radius 1 is 1.17 bits per heavy atom. The van der Waals surface area contributed by atoms with Gasteiger partial charge in [-0.25, -0.2) is 14.4 Å². The molecule has 152 valence electrons. The van der Waals surface area contributed by atoms with E-state index in [1.165, 1.54) is 24.4 Å². The number of thioether (sulfide) groups is 1. The summed E-state index contributed by atoms with van der Waals surface area (Å²) in [7, 11) is 0. The summed E-state index contributed by atoms with van der Waals surface area (Å²) in [6, 6.07) is 5.58. The number of nitrogens with one attached hydrogen (secondary N) is 2. The fourth-order valence-electron chi connectivity index (χ4n) is 3.05. The van der Waals surface area contributed by atoms with Gasteiger partial charge in [-0.2, -0.15) is 0 Å². The zero-order chi connectivity index (χ0) is 21.0. The lowest BCUT2D eigenvalue weighted by atomic mass is 9.76. The summed E-state index contributed by atoms with van der Waals surface area (Å²) < 4.78 is 13.1. The Kier molecular flexibility index (Phi) is 6.26. The molecule has 2 amide bonds. The highest BCUT2D eigenvalue weighted by atomic mass is 32.2. The molecule has 0 spiro atoms. The summed E-state index contributed by atoms with van der Waals surface area (Å²) in [6.07, 6.45) is 2.53. The second-order valence-corrected chi connectivity index (χ2v) is 8.58. The van der Waals surface area contributed by atoms with Gasteiger partial charge >= 0.3 is 0 Å². The van der Waals surface area contributed by atoms with Gasteiger partial charge in [0.05, 0.1) is 22.8 Å². The molecule has 29 heavy (non-hydrogen) atoms. The molecule has 0 saturated heterocycles. The molecule has 3 rings (SSSR count). The molecular formula is C20H21FN4O3S. The van der Waals surface area contributed by atoms with E-state index in [9.17, 15) is 18.8 Å². The van der Waals surface area contributed by atoms with Gasteiger partial charge in [-0.3, -0.25) is 19.7 Å². The zero-order valence-electron chi connectivity index (χ0n) is 16.1. The number of anilines is 2. The predicted octanol–water partition coefficient (Wildman–Crippen LogP) is 3.08. The Morgan fingerprint density at radius 2 is 1.90 bits per heavy atom. The highest BCUT2D eigenvalue weighted by molar-refractivity contribution is 8.00. The van der Waals surface area contributed by atoms with Gasteiger partial charge in [0.1, 0.15) is 5.82 Å². The van der Waals surface area contributed by atoms with Gasteiger partial charge in [-0.15, -0.1) is 11.8 Å². The largest absolute Gasteiger partial charge is 0.325 e. The van der Waals surface area contributed by atoms with Crippen molar-refractivity contribution >= 4 is 41.0 Å². The second kappa shape index (κ2) is 8.69. The number of Topliss-reactive ketones (excluding diaryl/α,β-unsaturated/α-hetero) is 1. The van der Waals surface area contributed by atoms with Crippen molar-refractivity contribution in [1.29, 1.82) is 0 Å². The number of nitrogens with zero attached hydrogens (tertiary/aromatic N) is 2. The van der Waals surface area contributed by atoms with Crippen LogP contribution in [0.15, 0.2) is 30.5 Å². The van der Waals surface area contributed by atoms with Crippen molar-refractivity contribution in [3.05, 3.63) is 47.5 Å². The van der Waals surface area contributed by atoms with Crippen molar-refractivity contribution < 1.29 is 18.8 Å². The molecule has 0 saturated carbocycles. The van der Waals surface area contributed by atoms with Crippen LogP contribution in [-0.4, -0.2) is 39.1 Å². The normalized spacial score (nSPS) is 14.8. The molecule has 7 nitrogen and oxygen atoms in total. The lowest BCUT2D eigenvalue weighted by Crippen LogP contribution is -2.29. The zero-order valence-corrected chi connectivity index (χ0v) is 16.9. The Balaban J connectivity index is 1.49. The maximum absolute atomic E-state index is 13.1. The SMILES string of the molecule is CC1(C)CC(=O)c2cnc(NC(=O)CSCC(=O)Nc3cccc(F)c3)nc2C1. The van der Waals surface area contributed by atoms with Crippen LogP contribution in [-0.2, 0) is 16.0 Å². The van der Waals surface area contributed by atoms with Crippen LogP contribution < -0.4 is 10.6 Å². The van der Waals surface area contributed by atoms with Crippen LogP contribution >= 0.6 is 11.8 Å². The van der Waals surface area contributed by atoms with Gasteiger partial charge in [0.25, 0.3) is 0 Å². The third kappa shape index (κ3) is 5.83. The number of amides is 2. The van der Waals surface area contributed by atoms with E-state index in [0.717, 1.165) is 11.8 Å². The summed E-state index contributed by atoms with van der Waals surface area (Å²) in [5.74, 6) is -0.906. The molecule has 1 aliphatic rings.